The predicted molar refractivity (Wildman–Crippen MR) is 111 cm³/mol. The normalized spacial score (nSPS) is 11.0. The van der Waals surface area contributed by atoms with Crippen molar-refractivity contribution in [1.82, 2.24) is 0 Å². The summed E-state index contributed by atoms with van der Waals surface area (Å²) in [5, 5.41) is 0. The van der Waals surface area contributed by atoms with E-state index in [-0.39, 0.29) is 11.3 Å². The van der Waals surface area contributed by atoms with E-state index in [9.17, 15) is 14.4 Å². The molecule has 0 aliphatic carbocycles. The second-order valence-corrected chi connectivity index (χ2v) is 6.27. The third kappa shape index (κ3) is 7.85. The van der Waals surface area contributed by atoms with Crippen molar-refractivity contribution in [1.29, 1.82) is 0 Å². The average Bonchev–Trinajstić information content (AvgIpc) is 2.78. The zero-order valence-electron chi connectivity index (χ0n) is 17.4. The third-order valence-electron chi connectivity index (χ3n) is 4.00. The minimum absolute atomic E-state index is 0.148. The SMILES string of the molecule is C=CC(=O)OC(CCCC)OC(=O)Oc1ccc(C(=O)Oc2ccc(OC)cc2)cc1. The summed E-state index contributed by atoms with van der Waals surface area (Å²) in [7, 11) is 1.54. The molecule has 2 aromatic rings. The maximum atomic E-state index is 12.2. The molecule has 0 aliphatic heterocycles. The molecule has 8 nitrogen and oxygen atoms in total. The van der Waals surface area contributed by atoms with Crippen LogP contribution in [0.25, 0.3) is 0 Å². The summed E-state index contributed by atoms with van der Waals surface area (Å²) < 4.78 is 25.4. The van der Waals surface area contributed by atoms with E-state index in [4.69, 9.17) is 23.7 Å². The van der Waals surface area contributed by atoms with Crippen LogP contribution in [0.1, 0.15) is 36.5 Å². The molecule has 0 fully saturated rings. The molecule has 0 aromatic heterocycles. The molecule has 164 valence electrons. The lowest BCUT2D eigenvalue weighted by Gasteiger charge is -2.16. The molecule has 0 heterocycles. The molecule has 8 heteroatoms. The highest BCUT2D eigenvalue weighted by atomic mass is 16.8. The predicted octanol–water partition coefficient (Wildman–Crippen LogP) is 4.68. The molecule has 2 rings (SSSR count). The quantitative estimate of drug-likeness (QED) is 0.177. The van der Waals surface area contributed by atoms with E-state index in [0.29, 0.717) is 24.3 Å². The molecule has 31 heavy (non-hydrogen) atoms. The van der Waals surface area contributed by atoms with Crippen LogP contribution < -0.4 is 14.2 Å². The summed E-state index contributed by atoms with van der Waals surface area (Å²) in [6.07, 6.45) is 0.726. The van der Waals surface area contributed by atoms with Crippen molar-refractivity contribution in [3.8, 4) is 17.2 Å². The molecule has 0 N–H and O–H groups in total. The fourth-order valence-electron chi connectivity index (χ4n) is 2.39. The Balaban J connectivity index is 1.92. The van der Waals surface area contributed by atoms with Crippen LogP contribution in [-0.2, 0) is 14.3 Å². The van der Waals surface area contributed by atoms with Gasteiger partial charge in [-0.3, -0.25) is 0 Å². The Bertz CT molecular complexity index is 887. The molecular formula is C23H24O8. The van der Waals surface area contributed by atoms with Crippen molar-refractivity contribution in [2.45, 2.75) is 32.5 Å². The zero-order valence-corrected chi connectivity index (χ0v) is 17.4. The smallest absolute Gasteiger partial charge is 0.497 e. The number of hydrogen-bond donors (Lipinski definition) is 0. The van der Waals surface area contributed by atoms with Crippen LogP contribution in [0.4, 0.5) is 4.79 Å². The Morgan fingerprint density at radius 2 is 1.48 bits per heavy atom. The van der Waals surface area contributed by atoms with Crippen LogP contribution in [0.2, 0.25) is 0 Å². The highest BCUT2D eigenvalue weighted by Crippen LogP contribution is 2.20. The van der Waals surface area contributed by atoms with Gasteiger partial charge in [-0.15, -0.1) is 0 Å². The molecule has 2 aromatic carbocycles. The Morgan fingerprint density at radius 1 is 0.903 bits per heavy atom. The maximum Gasteiger partial charge on any atom is 0.516 e. The fourth-order valence-corrected chi connectivity index (χ4v) is 2.39. The van der Waals surface area contributed by atoms with E-state index in [1.54, 1.807) is 31.4 Å². The van der Waals surface area contributed by atoms with Crippen LogP contribution in [0, 0.1) is 0 Å². The molecule has 1 atom stereocenters. The summed E-state index contributed by atoms with van der Waals surface area (Å²) >= 11 is 0. The summed E-state index contributed by atoms with van der Waals surface area (Å²) in [4.78, 5) is 35.6. The molecule has 0 aliphatic rings. The fraction of sp³-hybridized carbons (Fsp3) is 0.261. The number of unbranched alkanes of at least 4 members (excludes halogenated alkanes) is 1. The van der Waals surface area contributed by atoms with Gasteiger partial charge in [-0.1, -0.05) is 19.9 Å². The summed E-state index contributed by atoms with van der Waals surface area (Å²) in [5.41, 5.74) is 0.261. The van der Waals surface area contributed by atoms with E-state index >= 15 is 0 Å². The second kappa shape index (κ2) is 12.0. The monoisotopic (exact) mass is 428 g/mol. The topological polar surface area (TPSA) is 97.4 Å². The second-order valence-electron chi connectivity index (χ2n) is 6.27. The van der Waals surface area contributed by atoms with E-state index in [1.165, 1.54) is 24.3 Å². The molecule has 0 bridgehead atoms. The number of benzene rings is 2. The largest absolute Gasteiger partial charge is 0.516 e. The number of carbonyl (C=O) groups excluding carboxylic acids is 3. The molecule has 0 radical (unpaired) electrons. The van der Waals surface area contributed by atoms with E-state index in [0.717, 1.165) is 12.5 Å². The van der Waals surface area contributed by atoms with Crippen molar-refractivity contribution >= 4 is 18.1 Å². The first kappa shape index (κ1) is 23.5. The Morgan fingerprint density at radius 3 is 2.06 bits per heavy atom. The molecule has 0 saturated carbocycles. The van der Waals surface area contributed by atoms with Crippen LogP contribution in [-0.4, -0.2) is 31.5 Å². The van der Waals surface area contributed by atoms with Crippen molar-refractivity contribution < 1.29 is 38.1 Å². The highest BCUT2D eigenvalue weighted by Gasteiger charge is 2.19. The van der Waals surface area contributed by atoms with E-state index in [2.05, 4.69) is 6.58 Å². The first-order valence-corrected chi connectivity index (χ1v) is 9.63. The summed E-state index contributed by atoms with van der Waals surface area (Å²) in [5.74, 6) is -0.120. The Labute approximate surface area is 180 Å². The Kier molecular flexibility index (Phi) is 9.10. The van der Waals surface area contributed by atoms with Crippen LogP contribution in [0.3, 0.4) is 0 Å². The number of ether oxygens (including phenoxy) is 5. The van der Waals surface area contributed by atoms with Gasteiger partial charge in [0, 0.05) is 12.5 Å². The van der Waals surface area contributed by atoms with Crippen molar-refractivity contribution in [2.75, 3.05) is 7.11 Å². The van der Waals surface area contributed by atoms with Gasteiger partial charge in [-0.2, -0.15) is 0 Å². The van der Waals surface area contributed by atoms with Gasteiger partial charge >= 0.3 is 18.1 Å². The van der Waals surface area contributed by atoms with E-state index < -0.39 is 24.4 Å². The molecular weight excluding hydrogens is 404 g/mol. The lowest BCUT2D eigenvalue weighted by Crippen LogP contribution is -2.25. The first-order chi connectivity index (χ1) is 14.9. The lowest BCUT2D eigenvalue weighted by molar-refractivity contribution is -0.164. The van der Waals surface area contributed by atoms with Gasteiger partial charge in [0.05, 0.1) is 12.7 Å². The average molecular weight is 428 g/mol. The van der Waals surface area contributed by atoms with Crippen LogP contribution in [0.5, 0.6) is 17.2 Å². The van der Waals surface area contributed by atoms with E-state index in [1.807, 2.05) is 6.92 Å². The standard InChI is InChI=1S/C23H24O8/c1-4-6-7-21(30-20(24)5-2)31-23(26)29-19-10-8-16(9-11-19)22(25)28-18-14-12-17(27-3)13-15-18/h5,8-15,21H,2,4,6-7H2,1,3H3. The minimum Gasteiger partial charge on any atom is -0.497 e. The number of hydrogen-bond acceptors (Lipinski definition) is 8. The number of rotatable bonds is 10. The number of carbonyl (C=O) groups is 3. The van der Waals surface area contributed by atoms with Crippen molar-refractivity contribution in [2.24, 2.45) is 0 Å². The molecule has 0 spiro atoms. The van der Waals surface area contributed by atoms with Gasteiger partial charge in [0.25, 0.3) is 6.29 Å². The van der Waals surface area contributed by atoms with Gasteiger partial charge in [0.1, 0.15) is 17.2 Å². The van der Waals surface area contributed by atoms with Gasteiger partial charge in [-0.05, 0) is 55.0 Å². The first-order valence-electron chi connectivity index (χ1n) is 9.63. The van der Waals surface area contributed by atoms with Crippen molar-refractivity contribution in [3.05, 3.63) is 66.7 Å². The number of esters is 2. The van der Waals surface area contributed by atoms with Gasteiger partial charge in [-0.25, -0.2) is 14.4 Å². The lowest BCUT2D eigenvalue weighted by atomic mass is 10.2. The summed E-state index contributed by atoms with van der Waals surface area (Å²) in [6.45, 7) is 5.26. The molecule has 0 amide bonds. The maximum absolute atomic E-state index is 12.2. The molecule has 0 saturated heterocycles. The summed E-state index contributed by atoms with van der Waals surface area (Å²) in [6, 6.07) is 12.3. The van der Waals surface area contributed by atoms with Gasteiger partial charge in [0.15, 0.2) is 0 Å². The minimum atomic E-state index is -1.07. The van der Waals surface area contributed by atoms with Crippen LogP contribution in [0.15, 0.2) is 61.2 Å². The zero-order chi connectivity index (χ0) is 22.6. The van der Waals surface area contributed by atoms with Gasteiger partial charge < -0.3 is 23.7 Å². The Hall–Kier alpha value is -3.81. The van der Waals surface area contributed by atoms with Gasteiger partial charge in [0.2, 0.25) is 0 Å². The van der Waals surface area contributed by atoms with Crippen molar-refractivity contribution in [3.63, 3.8) is 0 Å². The van der Waals surface area contributed by atoms with Crippen LogP contribution >= 0.6 is 0 Å². The highest BCUT2D eigenvalue weighted by molar-refractivity contribution is 5.91. The molecule has 1 unspecified atom stereocenters. The number of methoxy groups -OCH3 is 1. The third-order valence-corrected chi connectivity index (χ3v) is 4.00.